The summed E-state index contributed by atoms with van der Waals surface area (Å²) in [7, 11) is 0. The fourth-order valence-electron chi connectivity index (χ4n) is 8.53. The Hall–Kier alpha value is -8.02. The third-order valence-electron chi connectivity index (χ3n) is 11.5. The second-order valence-corrected chi connectivity index (χ2v) is 15.0. The maximum atomic E-state index is 6.51. The monoisotopic (exact) mass is 752 g/mol. The van der Waals surface area contributed by atoms with E-state index in [0.717, 1.165) is 77.3 Å². The molecule has 0 saturated carbocycles. The molecule has 5 nitrogen and oxygen atoms in total. The largest absolute Gasteiger partial charge is 0.454 e. The van der Waals surface area contributed by atoms with Crippen LogP contribution in [-0.4, -0.2) is 19.9 Å². The first-order chi connectivity index (χ1) is 29.2. The van der Waals surface area contributed by atoms with Crippen molar-refractivity contribution in [3.8, 4) is 56.5 Å². The number of furan rings is 1. The van der Waals surface area contributed by atoms with E-state index in [9.17, 15) is 0 Å². The molecule has 12 rings (SSSR count). The molecule has 59 heavy (non-hydrogen) atoms. The lowest BCUT2D eigenvalue weighted by molar-refractivity contribution is 0.669. The van der Waals surface area contributed by atoms with Crippen LogP contribution in [0.3, 0.4) is 0 Å². The van der Waals surface area contributed by atoms with Crippen molar-refractivity contribution < 1.29 is 4.42 Å². The Kier molecular flexibility index (Phi) is 7.47. The third-order valence-corrected chi connectivity index (χ3v) is 11.5. The molecule has 0 aliphatic rings. The summed E-state index contributed by atoms with van der Waals surface area (Å²) in [5.74, 6) is 1.81. The van der Waals surface area contributed by atoms with Crippen LogP contribution in [0.4, 0.5) is 0 Å². The summed E-state index contributed by atoms with van der Waals surface area (Å²) in [5, 5.41) is 10.5. The van der Waals surface area contributed by atoms with Crippen molar-refractivity contribution in [2.45, 2.75) is 0 Å². The van der Waals surface area contributed by atoms with E-state index < -0.39 is 0 Å². The number of pyridine rings is 1. The molecule has 0 aliphatic heterocycles. The molecule has 9 aromatic carbocycles. The first kappa shape index (κ1) is 33.2. The molecule has 0 saturated heterocycles. The summed E-state index contributed by atoms with van der Waals surface area (Å²) in [5.41, 5.74) is 9.23. The van der Waals surface area contributed by atoms with Crippen LogP contribution in [-0.2, 0) is 0 Å². The number of fused-ring (bicyclic) bond motifs is 9. The second-order valence-electron chi connectivity index (χ2n) is 15.0. The Labute approximate surface area is 338 Å². The highest BCUT2D eigenvalue weighted by atomic mass is 16.3. The van der Waals surface area contributed by atoms with Crippen LogP contribution in [0.1, 0.15) is 0 Å². The van der Waals surface area contributed by atoms with Crippen LogP contribution < -0.4 is 0 Å². The SMILES string of the molecule is c1cc(-c2ccc3c(ccc4ccccc43)c2)cc(-c2nc(-c3ccc(-c4nc5ccccc5c5c4oc4ccccc45)cc3)nc(-c3ccc4ccccc4c3)n2)c1. The van der Waals surface area contributed by atoms with E-state index in [1.807, 2.05) is 18.2 Å². The molecular formula is C54H32N4O. The van der Waals surface area contributed by atoms with E-state index in [1.165, 1.54) is 26.9 Å². The molecule has 3 heterocycles. The standard InChI is InChI=1S/C54H32N4O/c1-2-12-37-31-42(27-20-33(37)10-1)54-57-52(36-24-22-35(23-25-36)50-51-49(45-16-5-7-18-47(45)55-50)46-17-6-8-19-48(46)59-51)56-53(58-54)41-14-9-13-38(32-41)39-28-29-44-40(30-39)26-21-34-11-3-4-15-43(34)44/h1-32H. The Morgan fingerprint density at radius 3 is 1.69 bits per heavy atom. The molecule has 274 valence electrons. The fourth-order valence-corrected chi connectivity index (χ4v) is 8.53. The maximum absolute atomic E-state index is 6.51. The number of rotatable bonds is 5. The molecule has 0 unspecified atom stereocenters. The van der Waals surface area contributed by atoms with Gasteiger partial charge in [0, 0.05) is 38.4 Å². The number of hydrogen-bond acceptors (Lipinski definition) is 5. The lowest BCUT2D eigenvalue weighted by Crippen LogP contribution is -2.00. The molecule has 0 aliphatic carbocycles. The number of hydrogen-bond donors (Lipinski definition) is 0. The predicted octanol–water partition coefficient (Wildman–Crippen LogP) is 14.1. The van der Waals surface area contributed by atoms with Gasteiger partial charge in [0.2, 0.25) is 0 Å². The van der Waals surface area contributed by atoms with E-state index in [1.54, 1.807) is 0 Å². The van der Waals surface area contributed by atoms with Gasteiger partial charge in [0.1, 0.15) is 11.3 Å². The summed E-state index contributed by atoms with van der Waals surface area (Å²) >= 11 is 0. The fraction of sp³-hybridized carbons (Fsp3) is 0. The summed E-state index contributed by atoms with van der Waals surface area (Å²) in [6, 6.07) is 67.6. The molecule has 12 aromatic rings. The van der Waals surface area contributed by atoms with Gasteiger partial charge in [-0.1, -0.05) is 164 Å². The number of nitrogens with zero attached hydrogens (tertiary/aromatic N) is 4. The van der Waals surface area contributed by atoms with Crippen LogP contribution in [0.2, 0.25) is 0 Å². The van der Waals surface area contributed by atoms with E-state index in [2.05, 4.69) is 176 Å². The first-order valence-corrected chi connectivity index (χ1v) is 19.8. The van der Waals surface area contributed by atoms with Crippen molar-refractivity contribution in [2.75, 3.05) is 0 Å². The normalized spacial score (nSPS) is 11.7. The molecular weight excluding hydrogens is 721 g/mol. The lowest BCUT2D eigenvalue weighted by Gasteiger charge is -2.11. The number of para-hydroxylation sites is 2. The van der Waals surface area contributed by atoms with Gasteiger partial charge in [-0.3, -0.25) is 0 Å². The lowest BCUT2D eigenvalue weighted by atomic mass is 9.96. The molecule has 3 aromatic heterocycles. The highest BCUT2D eigenvalue weighted by Crippen LogP contribution is 2.40. The highest BCUT2D eigenvalue weighted by molar-refractivity contribution is 6.20. The van der Waals surface area contributed by atoms with E-state index in [-0.39, 0.29) is 0 Å². The molecule has 0 atom stereocenters. The van der Waals surface area contributed by atoms with Crippen LogP contribution in [0, 0.1) is 0 Å². The zero-order valence-corrected chi connectivity index (χ0v) is 31.7. The Morgan fingerprint density at radius 1 is 0.305 bits per heavy atom. The molecule has 0 spiro atoms. The Balaban J connectivity index is 0.981. The summed E-state index contributed by atoms with van der Waals surface area (Å²) in [6.45, 7) is 0. The van der Waals surface area contributed by atoms with Gasteiger partial charge in [-0.25, -0.2) is 19.9 Å². The molecule has 0 bridgehead atoms. The predicted molar refractivity (Wildman–Crippen MR) is 242 cm³/mol. The number of aromatic nitrogens is 4. The van der Waals surface area contributed by atoms with Gasteiger partial charge in [-0.2, -0.15) is 0 Å². The quantitative estimate of drug-likeness (QED) is 0.164. The van der Waals surface area contributed by atoms with Gasteiger partial charge in [-0.05, 0) is 73.8 Å². The molecule has 0 radical (unpaired) electrons. The van der Waals surface area contributed by atoms with Crippen LogP contribution >= 0.6 is 0 Å². The van der Waals surface area contributed by atoms with Crippen LogP contribution in [0.15, 0.2) is 199 Å². The van der Waals surface area contributed by atoms with Gasteiger partial charge >= 0.3 is 0 Å². The zero-order valence-electron chi connectivity index (χ0n) is 31.7. The molecule has 5 heteroatoms. The van der Waals surface area contributed by atoms with Gasteiger partial charge in [-0.15, -0.1) is 0 Å². The van der Waals surface area contributed by atoms with Crippen molar-refractivity contribution in [3.63, 3.8) is 0 Å². The Bertz CT molecular complexity index is 3630. The van der Waals surface area contributed by atoms with Crippen LogP contribution in [0.5, 0.6) is 0 Å². The highest BCUT2D eigenvalue weighted by Gasteiger charge is 2.19. The van der Waals surface area contributed by atoms with Crippen molar-refractivity contribution in [3.05, 3.63) is 194 Å². The minimum absolute atomic E-state index is 0.591. The third kappa shape index (κ3) is 5.63. The van der Waals surface area contributed by atoms with Gasteiger partial charge in [0.15, 0.2) is 23.1 Å². The second kappa shape index (κ2) is 13.3. The molecule has 0 fully saturated rings. The zero-order chi connectivity index (χ0) is 38.9. The van der Waals surface area contributed by atoms with Gasteiger partial charge < -0.3 is 4.42 Å². The Morgan fingerprint density at radius 2 is 0.847 bits per heavy atom. The summed E-state index contributed by atoms with van der Waals surface area (Å²) < 4.78 is 6.51. The van der Waals surface area contributed by atoms with Crippen molar-refractivity contribution in [2.24, 2.45) is 0 Å². The van der Waals surface area contributed by atoms with E-state index in [4.69, 9.17) is 24.4 Å². The maximum Gasteiger partial charge on any atom is 0.164 e. The average molecular weight is 753 g/mol. The average Bonchev–Trinajstić information content (AvgIpc) is 3.71. The minimum atomic E-state index is 0.591. The van der Waals surface area contributed by atoms with Gasteiger partial charge in [0.25, 0.3) is 0 Å². The smallest absolute Gasteiger partial charge is 0.164 e. The molecule has 0 N–H and O–H groups in total. The number of benzene rings is 9. The van der Waals surface area contributed by atoms with Crippen LogP contribution in [0.25, 0.3) is 122 Å². The first-order valence-electron chi connectivity index (χ1n) is 19.8. The summed E-state index contributed by atoms with van der Waals surface area (Å²) in [6.07, 6.45) is 0. The van der Waals surface area contributed by atoms with Gasteiger partial charge in [0.05, 0.1) is 5.52 Å². The molecule has 0 amide bonds. The van der Waals surface area contributed by atoms with E-state index in [0.29, 0.717) is 17.5 Å². The topological polar surface area (TPSA) is 64.7 Å². The van der Waals surface area contributed by atoms with Crippen molar-refractivity contribution in [1.29, 1.82) is 0 Å². The van der Waals surface area contributed by atoms with Crippen molar-refractivity contribution >= 4 is 65.2 Å². The minimum Gasteiger partial charge on any atom is -0.454 e. The van der Waals surface area contributed by atoms with Crippen molar-refractivity contribution in [1.82, 2.24) is 19.9 Å². The van der Waals surface area contributed by atoms with E-state index >= 15 is 0 Å². The summed E-state index contributed by atoms with van der Waals surface area (Å²) in [4.78, 5) is 20.5.